The highest BCUT2D eigenvalue weighted by molar-refractivity contribution is 6.38. The molecular formula is C17H19Cl2N3O4. The molecule has 140 valence electrons. The van der Waals surface area contributed by atoms with E-state index in [4.69, 9.17) is 28.0 Å². The van der Waals surface area contributed by atoms with Crippen molar-refractivity contribution in [2.45, 2.75) is 20.4 Å². The molecule has 0 spiro atoms. The number of hydrogen-bond donors (Lipinski definition) is 3. The second kappa shape index (κ2) is 7.99. The first-order valence-corrected chi connectivity index (χ1v) is 8.41. The maximum Gasteiger partial charge on any atom is 0.253 e. The van der Waals surface area contributed by atoms with Crippen LogP contribution in [-0.4, -0.2) is 35.2 Å². The van der Waals surface area contributed by atoms with E-state index in [-0.39, 0.29) is 39.2 Å². The van der Waals surface area contributed by atoms with Gasteiger partial charge in [-0.3, -0.25) is 9.59 Å². The van der Waals surface area contributed by atoms with Crippen molar-refractivity contribution in [3.8, 4) is 11.5 Å². The van der Waals surface area contributed by atoms with Crippen LogP contribution in [0.25, 0.3) is 0 Å². The molecule has 7 nitrogen and oxygen atoms in total. The van der Waals surface area contributed by atoms with Crippen molar-refractivity contribution < 1.29 is 14.7 Å². The number of aromatic amines is 1. The molecule has 0 unspecified atom stereocenters. The fraction of sp³-hybridized carbons (Fsp3) is 0.294. The van der Waals surface area contributed by atoms with E-state index in [2.05, 4.69) is 10.3 Å². The monoisotopic (exact) mass is 399 g/mol. The number of nitrogens with one attached hydrogen (secondary N) is 2. The van der Waals surface area contributed by atoms with Crippen LogP contribution >= 0.6 is 23.2 Å². The first kappa shape index (κ1) is 20.1. The summed E-state index contributed by atoms with van der Waals surface area (Å²) in [7, 11) is 3.17. The zero-order valence-electron chi connectivity index (χ0n) is 14.7. The molecule has 0 fully saturated rings. The highest BCUT2D eigenvalue weighted by atomic mass is 35.5. The number of benzene rings is 1. The highest BCUT2D eigenvalue weighted by Gasteiger charge is 2.22. The largest absolute Gasteiger partial charge is 0.503 e. The van der Waals surface area contributed by atoms with Crippen molar-refractivity contribution in [3.05, 3.63) is 54.9 Å². The van der Waals surface area contributed by atoms with Crippen LogP contribution in [0, 0.1) is 13.8 Å². The summed E-state index contributed by atoms with van der Waals surface area (Å²) in [6.07, 6.45) is 0. The fourth-order valence-electron chi connectivity index (χ4n) is 2.39. The third-order valence-electron chi connectivity index (χ3n) is 3.59. The van der Waals surface area contributed by atoms with Crippen molar-refractivity contribution in [2.75, 3.05) is 14.1 Å². The number of hydroxylamine groups is 2. The van der Waals surface area contributed by atoms with E-state index in [1.807, 2.05) is 6.07 Å². The van der Waals surface area contributed by atoms with E-state index in [0.29, 0.717) is 5.56 Å². The lowest BCUT2D eigenvalue weighted by Gasteiger charge is -2.17. The van der Waals surface area contributed by atoms with Crippen LogP contribution in [0.15, 0.2) is 16.9 Å². The molecule has 1 aromatic heterocycles. The zero-order chi connectivity index (χ0) is 19.6. The Balaban J connectivity index is 2.31. The molecular weight excluding hydrogens is 381 g/mol. The molecule has 2 aromatic rings. The number of halogens is 2. The third kappa shape index (κ3) is 4.30. The summed E-state index contributed by atoms with van der Waals surface area (Å²) in [4.78, 5) is 32.5. The lowest BCUT2D eigenvalue weighted by Crippen LogP contribution is -2.28. The van der Waals surface area contributed by atoms with Gasteiger partial charge >= 0.3 is 0 Å². The molecule has 1 heterocycles. The van der Waals surface area contributed by atoms with E-state index in [9.17, 15) is 14.7 Å². The Morgan fingerprint density at radius 3 is 2.54 bits per heavy atom. The number of H-pyrrole nitrogens is 1. The minimum absolute atomic E-state index is 0.0129. The Bertz CT molecular complexity index is 910. The normalized spacial score (nSPS) is 10.9. The molecule has 0 aliphatic heterocycles. The minimum atomic E-state index is -0.556. The molecule has 26 heavy (non-hydrogen) atoms. The molecule has 3 N–H and O–H groups in total. The molecule has 1 amide bonds. The number of hydrogen-bond acceptors (Lipinski definition) is 5. The van der Waals surface area contributed by atoms with Gasteiger partial charge in [0.1, 0.15) is 5.02 Å². The van der Waals surface area contributed by atoms with Gasteiger partial charge in [-0.25, -0.2) is 0 Å². The first-order valence-electron chi connectivity index (χ1n) is 7.65. The second-order valence-corrected chi connectivity index (χ2v) is 6.71. The third-order valence-corrected chi connectivity index (χ3v) is 4.25. The summed E-state index contributed by atoms with van der Waals surface area (Å²) in [5.74, 6) is -1.05. The van der Waals surface area contributed by atoms with Gasteiger partial charge in [-0.15, -0.1) is 5.06 Å². The summed E-state index contributed by atoms with van der Waals surface area (Å²) in [6.45, 7) is 3.58. The standard InChI is InChI=1S/C17H19Cl2N3O4/c1-8-5-9(2)21-17(25)11(8)7-20-16(24)10-6-12(18)14(23)15(13(10)19)26-22(3)4/h5-6,23H,7H2,1-4H3,(H,20,24)(H,21,25). The van der Waals surface area contributed by atoms with E-state index in [0.717, 1.165) is 11.3 Å². The number of carbonyl (C=O) groups excluding carboxylic acids is 1. The molecule has 0 radical (unpaired) electrons. The van der Waals surface area contributed by atoms with Crippen molar-refractivity contribution in [2.24, 2.45) is 0 Å². The molecule has 0 atom stereocenters. The number of rotatable bonds is 5. The van der Waals surface area contributed by atoms with Crippen LogP contribution in [0.3, 0.4) is 0 Å². The van der Waals surface area contributed by atoms with E-state index in [1.54, 1.807) is 27.9 Å². The predicted molar refractivity (Wildman–Crippen MR) is 100 cm³/mol. The molecule has 0 aliphatic carbocycles. The molecule has 9 heteroatoms. The van der Waals surface area contributed by atoms with Gasteiger partial charge in [0.05, 0.1) is 10.6 Å². The number of aromatic nitrogens is 1. The molecule has 2 rings (SSSR count). The van der Waals surface area contributed by atoms with Crippen molar-refractivity contribution in [1.82, 2.24) is 15.4 Å². The van der Waals surface area contributed by atoms with Gasteiger partial charge < -0.3 is 20.2 Å². The van der Waals surface area contributed by atoms with E-state index >= 15 is 0 Å². The summed E-state index contributed by atoms with van der Waals surface area (Å²) in [5.41, 5.74) is 1.69. The Morgan fingerprint density at radius 1 is 1.31 bits per heavy atom. The number of phenolic OH excluding ortho intramolecular Hbond substituents is 1. The van der Waals surface area contributed by atoms with Gasteiger partial charge in [-0.05, 0) is 31.5 Å². The van der Waals surface area contributed by atoms with E-state index in [1.165, 1.54) is 11.1 Å². The number of pyridine rings is 1. The van der Waals surface area contributed by atoms with Crippen molar-refractivity contribution in [3.63, 3.8) is 0 Å². The minimum Gasteiger partial charge on any atom is -0.503 e. The Labute approximate surface area is 160 Å². The Morgan fingerprint density at radius 2 is 1.96 bits per heavy atom. The van der Waals surface area contributed by atoms with Gasteiger partial charge in [-0.2, -0.15) is 0 Å². The van der Waals surface area contributed by atoms with Crippen molar-refractivity contribution in [1.29, 1.82) is 0 Å². The van der Waals surface area contributed by atoms with Gasteiger partial charge in [0.2, 0.25) is 5.75 Å². The average Bonchev–Trinajstić information content (AvgIpc) is 2.53. The number of nitrogens with zero attached hydrogens (tertiary/aromatic N) is 1. The maximum atomic E-state index is 12.5. The van der Waals surface area contributed by atoms with Crippen LogP contribution < -0.4 is 15.7 Å². The smallest absolute Gasteiger partial charge is 0.253 e. The van der Waals surface area contributed by atoms with Crippen LogP contribution in [0.1, 0.15) is 27.2 Å². The zero-order valence-corrected chi connectivity index (χ0v) is 16.2. The average molecular weight is 400 g/mol. The van der Waals surface area contributed by atoms with Crippen LogP contribution in [-0.2, 0) is 6.54 Å². The van der Waals surface area contributed by atoms with Gasteiger partial charge in [0.15, 0.2) is 5.75 Å². The topological polar surface area (TPSA) is 94.7 Å². The SMILES string of the molecule is Cc1cc(C)c(CNC(=O)c2cc(Cl)c(O)c(ON(C)C)c2Cl)c(=O)[nH]1. The van der Waals surface area contributed by atoms with Crippen LogP contribution in [0.5, 0.6) is 11.5 Å². The number of phenols is 1. The molecule has 0 bridgehead atoms. The molecule has 0 saturated heterocycles. The van der Waals surface area contributed by atoms with E-state index < -0.39 is 5.91 Å². The van der Waals surface area contributed by atoms with Crippen LogP contribution in [0.2, 0.25) is 10.0 Å². The summed E-state index contributed by atoms with van der Waals surface area (Å²) >= 11 is 12.2. The second-order valence-electron chi connectivity index (χ2n) is 5.93. The molecule has 1 aromatic carbocycles. The van der Waals surface area contributed by atoms with Gasteiger partial charge in [-0.1, -0.05) is 23.2 Å². The fourth-order valence-corrected chi connectivity index (χ4v) is 2.85. The number of aryl methyl sites for hydroxylation is 2. The number of amides is 1. The predicted octanol–water partition coefficient (Wildman–Crippen LogP) is 2.79. The summed E-state index contributed by atoms with van der Waals surface area (Å²) in [5, 5.41) is 13.8. The lowest BCUT2D eigenvalue weighted by atomic mass is 10.1. The first-order chi connectivity index (χ1) is 12.1. The van der Waals surface area contributed by atoms with Crippen molar-refractivity contribution >= 4 is 29.1 Å². The number of aromatic hydroxyl groups is 1. The van der Waals surface area contributed by atoms with Gasteiger partial charge in [0, 0.05) is 31.9 Å². The maximum absolute atomic E-state index is 12.5. The Kier molecular flexibility index (Phi) is 6.17. The quantitative estimate of drug-likeness (QED) is 0.671. The molecule has 0 saturated carbocycles. The van der Waals surface area contributed by atoms with Crippen LogP contribution in [0.4, 0.5) is 0 Å². The van der Waals surface area contributed by atoms with Gasteiger partial charge in [0.25, 0.3) is 11.5 Å². The summed E-state index contributed by atoms with van der Waals surface area (Å²) < 4.78 is 0. The Hall–Kier alpha value is -2.22. The highest BCUT2D eigenvalue weighted by Crippen LogP contribution is 2.42. The molecule has 0 aliphatic rings. The number of carbonyl (C=O) groups is 1. The summed E-state index contributed by atoms with van der Waals surface area (Å²) in [6, 6.07) is 3.06. The lowest BCUT2D eigenvalue weighted by molar-refractivity contribution is -0.00576.